The quantitative estimate of drug-likeness (QED) is 0.277. The van der Waals surface area contributed by atoms with Crippen molar-refractivity contribution < 1.29 is 47.3 Å². The fourth-order valence-corrected chi connectivity index (χ4v) is 1.53. The summed E-state index contributed by atoms with van der Waals surface area (Å²) in [5.74, 6) is -0.167. The van der Waals surface area contributed by atoms with Gasteiger partial charge in [0, 0.05) is 12.0 Å². The molecule has 1 aromatic carbocycles. The Balaban J connectivity index is 0.00000225. The average molecular weight is 248 g/mol. The average Bonchev–Trinajstić information content (AvgIpc) is 2.17. The van der Waals surface area contributed by atoms with E-state index in [1.807, 2.05) is 0 Å². The SMILES string of the molecule is C=CCC(=O)c1ccc(S(=O)(=O)[O-])cc1.[Na+]. The number of ketones is 1. The van der Waals surface area contributed by atoms with Crippen LogP contribution in [0.1, 0.15) is 16.8 Å². The first-order valence-electron chi connectivity index (χ1n) is 4.15. The van der Waals surface area contributed by atoms with E-state index in [0.717, 1.165) is 12.1 Å². The van der Waals surface area contributed by atoms with Crippen LogP contribution in [-0.2, 0) is 10.1 Å². The van der Waals surface area contributed by atoms with Crippen molar-refractivity contribution in [3.63, 3.8) is 0 Å². The zero-order valence-electron chi connectivity index (χ0n) is 8.84. The molecule has 0 aliphatic rings. The molecule has 0 atom stereocenters. The zero-order valence-corrected chi connectivity index (χ0v) is 11.7. The molecule has 1 aromatic rings. The Morgan fingerprint density at radius 1 is 1.31 bits per heavy atom. The molecule has 0 bridgehead atoms. The normalized spacial score (nSPS) is 10.3. The van der Waals surface area contributed by atoms with Crippen LogP contribution in [0, 0.1) is 0 Å². The molecule has 6 heteroatoms. The van der Waals surface area contributed by atoms with Crippen LogP contribution >= 0.6 is 0 Å². The van der Waals surface area contributed by atoms with Gasteiger partial charge < -0.3 is 4.55 Å². The third-order valence-corrected chi connectivity index (χ3v) is 2.64. The molecule has 4 nitrogen and oxygen atoms in total. The van der Waals surface area contributed by atoms with Gasteiger partial charge in [0.25, 0.3) is 0 Å². The van der Waals surface area contributed by atoms with E-state index in [0.29, 0.717) is 5.56 Å². The molecule has 80 valence electrons. The topological polar surface area (TPSA) is 74.3 Å². The number of carbonyl (C=O) groups is 1. The molecule has 0 fully saturated rings. The number of hydrogen-bond donors (Lipinski definition) is 0. The molecular formula is C10H9NaO4S. The first kappa shape index (κ1) is 15.5. The Morgan fingerprint density at radius 2 is 1.81 bits per heavy atom. The molecule has 0 aliphatic heterocycles. The summed E-state index contributed by atoms with van der Waals surface area (Å²) in [5.41, 5.74) is 0.363. The van der Waals surface area contributed by atoms with Crippen molar-refractivity contribution in [1.82, 2.24) is 0 Å². The van der Waals surface area contributed by atoms with Crippen LogP contribution in [0.2, 0.25) is 0 Å². The van der Waals surface area contributed by atoms with E-state index in [2.05, 4.69) is 6.58 Å². The Kier molecular flexibility index (Phi) is 6.14. The molecule has 0 heterocycles. The second kappa shape index (κ2) is 6.32. The third-order valence-electron chi connectivity index (χ3n) is 1.79. The zero-order chi connectivity index (χ0) is 11.5. The van der Waals surface area contributed by atoms with E-state index in [-0.39, 0.29) is 46.7 Å². The van der Waals surface area contributed by atoms with Gasteiger partial charge in [-0.05, 0) is 12.1 Å². The molecule has 0 unspecified atom stereocenters. The van der Waals surface area contributed by atoms with E-state index in [9.17, 15) is 17.8 Å². The van der Waals surface area contributed by atoms with Gasteiger partial charge in [-0.15, -0.1) is 6.58 Å². The van der Waals surface area contributed by atoms with Crippen molar-refractivity contribution in [1.29, 1.82) is 0 Å². The van der Waals surface area contributed by atoms with Crippen LogP contribution in [0.3, 0.4) is 0 Å². The molecule has 0 amide bonds. The predicted molar refractivity (Wildman–Crippen MR) is 53.5 cm³/mol. The number of hydrogen-bond acceptors (Lipinski definition) is 4. The molecule has 0 N–H and O–H groups in total. The second-order valence-electron chi connectivity index (χ2n) is 2.89. The summed E-state index contributed by atoms with van der Waals surface area (Å²) in [6.07, 6.45) is 1.64. The van der Waals surface area contributed by atoms with Crippen LogP contribution in [-0.4, -0.2) is 18.8 Å². The minimum atomic E-state index is -4.44. The van der Waals surface area contributed by atoms with Gasteiger partial charge in [0.05, 0.1) is 4.90 Å². The number of Topliss-reactive ketones (excluding diaryl/α,β-unsaturated/α-hetero) is 1. The molecule has 0 aromatic heterocycles. The van der Waals surface area contributed by atoms with Gasteiger partial charge in [-0.3, -0.25) is 4.79 Å². The van der Waals surface area contributed by atoms with Crippen molar-refractivity contribution >= 4 is 15.9 Å². The van der Waals surface area contributed by atoms with Gasteiger partial charge in [0.1, 0.15) is 10.1 Å². The van der Waals surface area contributed by atoms with E-state index in [4.69, 9.17) is 0 Å². The Labute approximate surface area is 116 Å². The summed E-state index contributed by atoms with van der Waals surface area (Å²) in [6, 6.07) is 4.88. The predicted octanol–water partition coefficient (Wildman–Crippen LogP) is -1.65. The Bertz CT molecular complexity index is 476. The number of allylic oxidation sites excluding steroid dienone is 1. The van der Waals surface area contributed by atoms with Crippen LogP contribution < -0.4 is 29.6 Å². The molecule has 0 saturated heterocycles. The maximum Gasteiger partial charge on any atom is 1.00 e. The summed E-state index contributed by atoms with van der Waals surface area (Å²) in [4.78, 5) is 11.0. The first-order valence-corrected chi connectivity index (χ1v) is 5.56. The van der Waals surface area contributed by atoms with Crippen LogP contribution in [0.25, 0.3) is 0 Å². The van der Waals surface area contributed by atoms with Crippen molar-refractivity contribution in [2.45, 2.75) is 11.3 Å². The van der Waals surface area contributed by atoms with Gasteiger partial charge >= 0.3 is 29.6 Å². The van der Waals surface area contributed by atoms with Crippen molar-refractivity contribution in [3.8, 4) is 0 Å². The summed E-state index contributed by atoms with van der Waals surface area (Å²) >= 11 is 0. The van der Waals surface area contributed by atoms with Gasteiger partial charge in [0.15, 0.2) is 5.78 Å². The number of carbonyl (C=O) groups excluding carboxylic acids is 1. The summed E-state index contributed by atoms with van der Waals surface area (Å²) in [6.45, 7) is 3.42. The Morgan fingerprint density at radius 3 is 2.19 bits per heavy atom. The minimum absolute atomic E-state index is 0. The minimum Gasteiger partial charge on any atom is -0.744 e. The van der Waals surface area contributed by atoms with Gasteiger partial charge in [-0.25, -0.2) is 8.42 Å². The Hall–Kier alpha value is -0.460. The van der Waals surface area contributed by atoms with Gasteiger partial charge in [0.2, 0.25) is 0 Å². The van der Waals surface area contributed by atoms with E-state index in [1.165, 1.54) is 18.2 Å². The van der Waals surface area contributed by atoms with E-state index in [1.54, 1.807) is 0 Å². The molecule has 0 saturated carbocycles. The van der Waals surface area contributed by atoms with Crippen molar-refractivity contribution in [2.75, 3.05) is 0 Å². The number of benzene rings is 1. The van der Waals surface area contributed by atoms with Crippen LogP contribution in [0.4, 0.5) is 0 Å². The molecular weight excluding hydrogens is 239 g/mol. The molecule has 1 rings (SSSR count). The third kappa shape index (κ3) is 4.19. The van der Waals surface area contributed by atoms with Crippen molar-refractivity contribution in [3.05, 3.63) is 42.5 Å². The number of rotatable bonds is 4. The monoisotopic (exact) mass is 248 g/mol. The van der Waals surface area contributed by atoms with Gasteiger partial charge in [-0.2, -0.15) is 0 Å². The summed E-state index contributed by atoms with van der Waals surface area (Å²) in [7, 11) is -4.44. The van der Waals surface area contributed by atoms with Crippen LogP contribution in [0.15, 0.2) is 41.8 Å². The van der Waals surface area contributed by atoms with Crippen molar-refractivity contribution in [2.24, 2.45) is 0 Å². The maximum atomic E-state index is 11.3. The van der Waals surface area contributed by atoms with Gasteiger partial charge in [-0.1, -0.05) is 18.2 Å². The largest absolute Gasteiger partial charge is 1.00 e. The van der Waals surface area contributed by atoms with E-state index < -0.39 is 10.1 Å². The molecule has 0 aliphatic carbocycles. The smallest absolute Gasteiger partial charge is 0.744 e. The molecule has 0 radical (unpaired) electrons. The summed E-state index contributed by atoms with van der Waals surface area (Å²) < 4.78 is 31.7. The standard InChI is InChI=1S/C10H10O4S.Na/c1-2-3-10(11)8-4-6-9(7-5-8)15(12,13)14;/h2,4-7H,1,3H2,(H,12,13,14);/q;+1/p-1. The molecule has 0 spiro atoms. The fourth-order valence-electron chi connectivity index (χ4n) is 1.06. The van der Waals surface area contributed by atoms with Crippen LogP contribution in [0.5, 0.6) is 0 Å². The first-order chi connectivity index (χ1) is 6.95. The maximum absolute atomic E-state index is 11.3. The second-order valence-corrected chi connectivity index (χ2v) is 4.27. The molecule has 16 heavy (non-hydrogen) atoms. The fraction of sp³-hybridized carbons (Fsp3) is 0.100. The van der Waals surface area contributed by atoms with E-state index >= 15 is 0 Å². The summed E-state index contributed by atoms with van der Waals surface area (Å²) in [5, 5.41) is 0.